The smallest absolute Gasteiger partial charge is 0.156 e. The zero-order chi connectivity index (χ0) is 19.5. The molecule has 0 saturated carbocycles. The molecule has 0 amide bonds. The number of pyridine rings is 1. The molecule has 148 valence electrons. The summed E-state index contributed by atoms with van der Waals surface area (Å²) >= 11 is 0. The fourth-order valence-corrected chi connectivity index (χ4v) is 4.03. The van der Waals surface area contributed by atoms with Crippen molar-refractivity contribution in [3.8, 4) is 0 Å². The van der Waals surface area contributed by atoms with Crippen molar-refractivity contribution < 1.29 is 4.42 Å². The highest BCUT2D eigenvalue weighted by molar-refractivity contribution is 5.49. The van der Waals surface area contributed by atoms with E-state index in [9.17, 15) is 0 Å². The number of hydrogen-bond donors (Lipinski definition) is 1. The number of piperidine rings is 1. The van der Waals surface area contributed by atoms with Gasteiger partial charge in [-0.15, -0.1) is 0 Å². The van der Waals surface area contributed by atoms with Gasteiger partial charge in [0.05, 0.1) is 24.4 Å². The van der Waals surface area contributed by atoms with Gasteiger partial charge in [0.15, 0.2) is 11.5 Å². The van der Waals surface area contributed by atoms with Crippen molar-refractivity contribution in [3.63, 3.8) is 0 Å². The second-order valence-electron chi connectivity index (χ2n) is 7.74. The molecule has 1 N–H and O–H groups in total. The molecule has 1 fully saturated rings. The Morgan fingerprint density at radius 1 is 1.07 bits per heavy atom. The summed E-state index contributed by atoms with van der Waals surface area (Å²) in [5.74, 6) is 1.32. The Bertz CT molecular complexity index is 1060. The second kappa shape index (κ2) is 8.09. The summed E-state index contributed by atoms with van der Waals surface area (Å²) in [7, 11) is 0. The summed E-state index contributed by atoms with van der Waals surface area (Å²) in [6, 6.07) is 16.5. The third-order valence-corrected chi connectivity index (χ3v) is 5.54. The lowest BCUT2D eigenvalue weighted by atomic mass is 9.97. The Balaban J connectivity index is 1.28. The van der Waals surface area contributed by atoms with Gasteiger partial charge in [0, 0.05) is 31.1 Å². The highest BCUT2D eigenvalue weighted by Gasteiger charge is 2.25. The molecular weight excluding hydrogens is 362 g/mol. The van der Waals surface area contributed by atoms with E-state index >= 15 is 0 Å². The number of anilines is 1. The summed E-state index contributed by atoms with van der Waals surface area (Å²) in [5, 5.41) is 8.27. The third-order valence-electron chi connectivity index (χ3n) is 5.54. The number of furan rings is 1. The van der Waals surface area contributed by atoms with Crippen LogP contribution in [0.5, 0.6) is 0 Å². The maximum absolute atomic E-state index is 5.21. The second-order valence-corrected chi connectivity index (χ2v) is 7.74. The van der Waals surface area contributed by atoms with Crippen molar-refractivity contribution in [2.24, 2.45) is 0 Å². The molecule has 1 saturated heterocycles. The van der Waals surface area contributed by atoms with Crippen molar-refractivity contribution >= 4 is 11.3 Å². The fourth-order valence-electron chi connectivity index (χ4n) is 4.03. The number of benzene rings is 1. The minimum Gasteiger partial charge on any atom is -0.472 e. The van der Waals surface area contributed by atoms with Gasteiger partial charge in [0.2, 0.25) is 0 Å². The van der Waals surface area contributed by atoms with Crippen LogP contribution in [0.15, 0.2) is 71.7 Å². The number of rotatable bonds is 6. The van der Waals surface area contributed by atoms with Crippen LogP contribution in [0.25, 0.3) is 5.65 Å². The molecule has 29 heavy (non-hydrogen) atoms. The highest BCUT2D eigenvalue weighted by atomic mass is 16.3. The molecule has 3 aromatic heterocycles. The van der Waals surface area contributed by atoms with Gasteiger partial charge in [-0.2, -0.15) is 5.10 Å². The first-order valence-corrected chi connectivity index (χ1v) is 10.2. The average molecular weight is 387 g/mol. The van der Waals surface area contributed by atoms with E-state index < -0.39 is 0 Å². The molecule has 0 bridgehead atoms. The fraction of sp³-hybridized carbons (Fsp3) is 0.304. The lowest BCUT2D eigenvalue weighted by molar-refractivity contribution is 0.196. The number of fused-ring (bicyclic) bond motifs is 1. The molecule has 6 nitrogen and oxygen atoms in total. The van der Waals surface area contributed by atoms with E-state index in [2.05, 4.69) is 40.5 Å². The Morgan fingerprint density at radius 3 is 2.86 bits per heavy atom. The summed E-state index contributed by atoms with van der Waals surface area (Å²) in [4.78, 5) is 7.28. The molecule has 4 heterocycles. The van der Waals surface area contributed by atoms with Crippen LogP contribution < -0.4 is 5.32 Å². The van der Waals surface area contributed by atoms with Gasteiger partial charge in [-0.3, -0.25) is 4.90 Å². The average Bonchev–Trinajstić information content (AvgIpc) is 3.42. The van der Waals surface area contributed by atoms with E-state index in [1.165, 1.54) is 17.5 Å². The van der Waals surface area contributed by atoms with E-state index in [0.717, 1.165) is 49.8 Å². The molecule has 4 aromatic rings. The quantitative estimate of drug-likeness (QED) is 0.534. The Kier molecular flexibility index (Phi) is 5.01. The van der Waals surface area contributed by atoms with E-state index in [1.54, 1.807) is 6.26 Å². The van der Waals surface area contributed by atoms with Gasteiger partial charge in [-0.25, -0.2) is 9.50 Å². The molecule has 1 aliphatic rings. The van der Waals surface area contributed by atoms with E-state index in [1.807, 2.05) is 35.2 Å². The van der Waals surface area contributed by atoms with Gasteiger partial charge in [-0.05, 0) is 43.1 Å². The number of aromatic nitrogens is 3. The largest absolute Gasteiger partial charge is 0.472 e. The highest BCUT2D eigenvalue weighted by Crippen LogP contribution is 2.26. The van der Waals surface area contributed by atoms with Crippen molar-refractivity contribution in [2.75, 3.05) is 18.4 Å². The van der Waals surface area contributed by atoms with Crippen LogP contribution in [0.3, 0.4) is 0 Å². The number of nitrogens with zero attached hydrogens (tertiary/aromatic N) is 4. The first-order chi connectivity index (χ1) is 14.3. The minimum atomic E-state index is 0.372. The van der Waals surface area contributed by atoms with Crippen LogP contribution in [-0.2, 0) is 13.1 Å². The number of nitrogens with one attached hydrogen (secondary N) is 1. The van der Waals surface area contributed by atoms with Crippen molar-refractivity contribution in [3.05, 3.63) is 84.2 Å². The summed E-state index contributed by atoms with van der Waals surface area (Å²) in [5.41, 5.74) is 4.43. The molecule has 6 heteroatoms. The van der Waals surface area contributed by atoms with E-state index in [-0.39, 0.29) is 0 Å². The van der Waals surface area contributed by atoms with Crippen LogP contribution in [0.4, 0.5) is 5.69 Å². The molecule has 1 aliphatic heterocycles. The third kappa shape index (κ3) is 4.17. The molecule has 0 aliphatic carbocycles. The Hall–Kier alpha value is -3.12. The molecule has 0 radical (unpaired) electrons. The number of hydrogen-bond acceptors (Lipinski definition) is 5. The molecule has 0 unspecified atom stereocenters. The number of likely N-dealkylation sites (tertiary alicyclic amines) is 1. The summed E-state index contributed by atoms with van der Waals surface area (Å²) in [6.07, 6.45) is 7.90. The van der Waals surface area contributed by atoms with Crippen molar-refractivity contribution in [2.45, 2.75) is 31.8 Å². The Labute approximate surface area is 170 Å². The topological polar surface area (TPSA) is 58.6 Å². The maximum atomic E-state index is 5.21. The molecule has 1 aromatic carbocycles. The summed E-state index contributed by atoms with van der Waals surface area (Å²) < 4.78 is 7.11. The molecule has 0 spiro atoms. The van der Waals surface area contributed by atoms with Crippen LogP contribution in [0, 0.1) is 0 Å². The summed E-state index contributed by atoms with van der Waals surface area (Å²) in [6.45, 7) is 3.82. The predicted molar refractivity (Wildman–Crippen MR) is 113 cm³/mol. The van der Waals surface area contributed by atoms with Gasteiger partial charge >= 0.3 is 0 Å². The monoisotopic (exact) mass is 387 g/mol. The van der Waals surface area contributed by atoms with Crippen molar-refractivity contribution in [1.82, 2.24) is 19.5 Å². The van der Waals surface area contributed by atoms with Crippen LogP contribution in [0.1, 0.15) is 35.7 Å². The van der Waals surface area contributed by atoms with E-state index in [0.29, 0.717) is 5.92 Å². The predicted octanol–water partition coefficient (Wildman–Crippen LogP) is 4.31. The first kappa shape index (κ1) is 17.9. The molecule has 1 atom stereocenters. The van der Waals surface area contributed by atoms with Gasteiger partial charge in [-0.1, -0.05) is 30.3 Å². The SMILES string of the molecule is c1ccc(CNc2ccc3nc([C@@H]4CCCN(Cc5ccoc5)C4)nn3c2)cc1. The van der Waals surface area contributed by atoms with E-state index in [4.69, 9.17) is 14.5 Å². The molecular formula is C23H25N5O. The lowest BCUT2D eigenvalue weighted by Gasteiger charge is -2.30. The maximum Gasteiger partial charge on any atom is 0.156 e. The van der Waals surface area contributed by atoms with Crippen LogP contribution in [-0.4, -0.2) is 32.6 Å². The van der Waals surface area contributed by atoms with Gasteiger partial charge < -0.3 is 9.73 Å². The van der Waals surface area contributed by atoms with Gasteiger partial charge in [0.1, 0.15) is 0 Å². The van der Waals surface area contributed by atoms with Crippen molar-refractivity contribution in [1.29, 1.82) is 0 Å². The van der Waals surface area contributed by atoms with Crippen LogP contribution in [0.2, 0.25) is 0 Å². The molecule has 5 rings (SSSR count). The zero-order valence-electron chi connectivity index (χ0n) is 16.4. The first-order valence-electron chi connectivity index (χ1n) is 10.2. The Morgan fingerprint density at radius 2 is 2.00 bits per heavy atom. The zero-order valence-corrected chi connectivity index (χ0v) is 16.4. The minimum absolute atomic E-state index is 0.372. The standard InChI is InChI=1S/C23H25N5O/c1-2-5-18(6-3-1)13-24-21-8-9-22-25-23(26-28(22)16-21)20-7-4-11-27(15-20)14-19-10-12-29-17-19/h1-3,5-6,8-10,12,16-17,20,24H,4,7,11,13-15H2/t20-/m1/s1. The van der Waals surface area contributed by atoms with Gasteiger partial charge in [0.25, 0.3) is 0 Å². The normalized spacial score (nSPS) is 17.6. The van der Waals surface area contributed by atoms with Crippen LogP contribution >= 0.6 is 0 Å². The lowest BCUT2D eigenvalue weighted by Crippen LogP contribution is -2.34.